The van der Waals surface area contributed by atoms with Crippen LogP contribution in [0.2, 0.25) is 0 Å². The number of nitrogens with one attached hydrogen (secondary N) is 1. The van der Waals surface area contributed by atoms with E-state index in [9.17, 15) is 30.3 Å². The highest BCUT2D eigenvalue weighted by Gasteiger charge is 2.44. The molecule has 1 saturated heterocycles. The van der Waals surface area contributed by atoms with Gasteiger partial charge in [0.05, 0.1) is 25.4 Å². The molecule has 402 valence electrons. The van der Waals surface area contributed by atoms with Crippen LogP contribution in [0.15, 0.2) is 60.8 Å². The lowest BCUT2D eigenvalue weighted by atomic mass is 9.99. The van der Waals surface area contributed by atoms with Crippen LogP contribution in [-0.4, -0.2) is 87.5 Å². The number of rotatable bonds is 49. The molecule has 1 rings (SSSR count). The van der Waals surface area contributed by atoms with Crippen molar-refractivity contribution in [2.24, 2.45) is 0 Å². The van der Waals surface area contributed by atoms with Crippen LogP contribution in [0.1, 0.15) is 258 Å². The molecular formula is C60H109NO8. The highest BCUT2D eigenvalue weighted by Crippen LogP contribution is 2.23. The number of ether oxygens (including phenoxy) is 2. The van der Waals surface area contributed by atoms with Crippen LogP contribution in [0, 0.1) is 0 Å². The lowest BCUT2D eigenvalue weighted by molar-refractivity contribution is -0.302. The molecule has 7 unspecified atom stereocenters. The zero-order chi connectivity index (χ0) is 50.1. The summed E-state index contributed by atoms with van der Waals surface area (Å²) in [6.07, 6.45) is 59.9. The molecule has 1 amide bonds. The van der Waals surface area contributed by atoms with Gasteiger partial charge in [0.15, 0.2) is 6.29 Å². The average Bonchev–Trinajstić information content (AvgIpc) is 3.35. The molecule has 0 aromatic rings. The molecule has 1 aliphatic rings. The molecule has 1 aliphatic heterocycles. The van der Waals surface area contributed by atoms with Gasteiger partial charge in [-0.3, -0.25) is 4.79 Å². The van der Waals surface area contributed by atoms with Crippen molar-refractivity contribution >= 4 is 5.91 Å². The molecular weight excluding hydrogens is 863 g/mol. The van der Waals surface area contributed by atoms with E-state index in [1.807, 2.05) is 6.08 Å². The van der Waals surface area contributed by atoms with Gasteiger partial charge in [-0.15, -0.1) is 0 Å². The first-order valence-electron chi connectivity index (χ1n) is 29.0. The van der Waals surface area contributed by atoms with Crippen LogP contribution in [0.4, 0.5) is 0 Å². The summed E-state index contributed by atoms with van der Waals surface area (Å²) < 4.78 is 11.3. The standard InChI is InChI=1S/C60H109NO8/c1-3-5-7-9-11-13-15-17-19-21-23-25-26-27-28-30-31-33-35-37-39-41-43-45-47-49-54(63)53(52-68-60-59(67)58(66)57(65)55(51-62)69-60)61-56(64)50-48-46-44-42-40-38-36-34-32-29-24-22-20-18-16-14-12-10-8-6-4-2/h6,8,12,14,18,20,24,29,47,49,53-55,57-60,62-63,65-67H,3-5,7,9-11,13,15-17,19,21-23,25-28,30-46,48,50-52H2,1-2H3,(H,61,64)/b8-6-,14-12-,20-18-,29-24-,49-47+. The largest absolute Gasteiger partial charge is 0.394 e. The highest BCUT2D eigenvalue weighted by molar-refractivity contribution is 5.76. The summed E-state index contributed by atoms with van der Waals surface area (Å²) >= 11 is 0. The number of hydrogen-bond acceptors (Lipinski definition) is 8. The highest BCUT2D eigenvalue weighted by atomic mass is 16.7. The van der Waals surface area contributed by atoms with Crippen LogP contribution < -0.4 is 5.32 Å². The zero-order valence-corrected chi connectivity index (χ0v) is 44.6. The third-order valence-electron chi connectivity index (χ3n) is 13.6. The third kappa shape index (κ3) is 39.1. The number of unbranched alkanes of at least 4 members (excludes halogenated alkanes) is 31. The van der Waals surface area contributed by atoms with Crippen LogP contribution in [0.5, 0.6) is 0 Å². The van der Waals surface area contributed by atoms with Crippen LogP contribution >= 0.6 is 0 Å². The molecule has 7 atom stereocenters. The molecule has 0 aromatic carbocycles. The van der Waals surface area contributed by atoms with Gasteiger partial charge in [-0.05, 0) is 57.8 Å². The molecule has 6 N–H and O–H groups in total. The molecule has 0 bridgehead atoms. The summed E-state index contributed by atoms with van der Waals surface area (Å²) in [6.45, 7) is 3.68. The lowest BCUT2D eigenvalue weighted by Crippen LogP contribution is -2.60. The molecule has 0 radical (unpaired) electrons. The van der Waals surface area contributed by atoms with Crippen LogP contribution in [0.25, 0.3) is 0 Å². The average molecular weight is 973 g/mol. The van der Waals surface area contributed by atoms with Gasteiger partial charge in [0.1, 0.15) is 24.4 Å². The first-order chi connectivity index (χ1) is 33.8. The summed E-state index contributed by atoms with van der Waals surface area (Å²) in [5.74, 6) is -0.185. The minimum atomic E-state index is -1.57. The van der Waals surface area contributed by atoms with Crippen molar-refractivity contribution in [1.82, 2.24) is 5.32 Å². The Hall–Kier alpha value is -2.11. The number of allylic oxidation sites excluding steroid dienone is 9. The third-order valence-corrected chi connectivity index (χ3v) is 13.6. The van der Waals surface area contributed by atoms with Gasteiger partial charge in [0, 0.05) is 6.42 Å². The summed E-state index contributed by atoms with van der Waals surface area (Å²) in [6, 6.07) is -0.813. The van der Waals surface area contributed by atoms with Gasteiger partial charge in [0.25, 0.3) is 0 Å². The fraction of sp³-hybridized carbons (Fsp3) is 0.817. The Balaban J connectivity index is 2.24. The summed E-state index contributed by atoms with van der Waals surface area (Å²) in [5, 5.41) is 54.5. The Morgan fingerprint density at radius 2 is 0.899 bits per heavy atom. The van der Waals surface area contributed by atoms with E-state index in [0.29, 0.717) is 6.42 Å². The van der Waals surface area contributed by atoms with E-state index in [-0.39, 0.29) is 12.5 Å². The molecule has 1 heterocycles. The van der Waals surface area contributed by atoms with Crippen LogP contribution in [0.3, 0.4) is 0 Å². The summed E-state index contributed by atoms with van der Waals surface area (Å²) in [4.78, 5) is 13.1. The van der Waals surface area contributed by atoms with Crippen molar-refractivity contribution in [1.29, 1.82) is 0 Å². The molecule has 9 nitrogen and oxygen atoms in total. The van der Waals surface area contributed by atoms with Crippen molar-refractivity contribution in [3.05, 3.63) is 60.8 Å². The van der Waals surface area contributed by atoms with Gasteiger partial charge in [-0.1, -0.05) is 254 Å². The second-order valence-corrected chi connectivity index (χ2v) is 20.1. The maximum absolute atomic E-state index is 13.1. The minimum Gasteiger partial charge on any atom is -0.394 e. The van der Waals surface area contributed by atoms with Gasteiger partial charge in [0.2, 0.25) is 5.91 Å². The Morgan fingerprint density at radius 3 is 1.33 bits per heavy atom. The van der Waals surface area contributed by atoms with Crippen LogP contribution in [-0.2, 0) is 14.3 Å². The van der Waals surface area contributed by atoms with Crippen molar-refractivity contribution in [2.45, 2.75) is 301 Å². The van der Waals surface area contributed by atoms with Gasteiger partial charge in [-0.25, -0.2) is 0 Å². The lowest BCUT2D eigenvalue weighted by Gasteiger charge is -2.40. The minimum absolute atomic E-state index is 0.185. The number of carbonyl (C=O) groups excluding carboxylic acids is 1. The quantitative estimate of drug-likeness (QED) is 0.0261. The maximum Gasteiger partial charge on any atom is 0.220 e. The van der Waals surface area contributed by atoms with Gasteiger partial charge in [-0.2, -0.15) is 0 Å². The van der Waals surface area contributed by atoms with E-state index in [4.69, 9.17) is 9.47 Å². The number of carbonyl (C=O) groups is 1. The second-order valence-electron chi connectivity index (χ2n) is 20.1. The number of amides is 1. The topological polar surface area (TPSA) is 149 Å². The van der Waals surface area contributed by atoms with E-state index in [1.165, 1.54) is 161 Å². The number of aliphatic hydroxyl groups is 5. The van der Waals surface area contributed by atoms with E-state index in [2.05, 4.69) is 67.8 Å². The van der Waals surface area contributed by atoms with E-state index in [1.54, 1.807) is 6.08 Å². The maximum atomic E-state index is 13.1. The van der Waals surface area contributed by atoms with E-state index >= 15 is 0 Å². The Bertz CT molecular complexity index is 1270. The molecule has 1 fully saturated rings. The van der Waals surface area contributed by atoms with E-state index < -0.39 is 49.5 Å². The smallest absolute Gasteiger partial charge is 0.220 e. The van der Waals surface area contributed by atoms with Crippen molar-refractivity contribution < 1.29 is 39.8 Å². The Morgan fingerprint density at radius 1 is 0.507 bits per heavy atom. The fourth-order valence-electron chi connectivity index (χ4n) is 9.03. The predicted molar refractivity (Wildman–Crippen MR) is 290 cm³/mol. The van der Waals surface area contributed by atoms with Gasteiger partial charge < -0.3 is 40.3 Å². The molecule has 69 heavy (non-hydrogen) atoms. The summed E-state index contributed by atoms with van der Waals surface area (Å²) in [5.41, 5.74) is 0. The zero-order valence-electron chi connectivity index (χ0n) is 44.6. The van der Waals surface area contributed by atoms with Crippen molar-refractivity contribution in [3.63, 3.8) is 0 Å². The molecule has 0 spiro atoms. The van der Waals surface area contributed by atoms with Gasteiger partial charge >= 0.3 is 0 Å². The predicted octanol–water partition coefficient (Wildman–Crippen LogP) is 14.3. The first kappa shape index (κ1) is 64.9. The monoisotopic (exact) mass is 972 g/mol. The number of aliphatic hydroxyl groups excluding tert-OH is 5. The molecule has 0 aliphatic carbocycles. The molecule has 9 heteroatoms. The SMILES string of the molecule is CC/C=C\C/C=C\C/C=C\C/C=C\CCCCCCCCCCC(=O)NC(COC1OC(CO)C(O)C(O)C1O)C(O)/C=C/CCCCCCCCCCCCCCCCCCCCCCCCC. The first-order valence-corrected chi connectivity index (χ1v) is 29.0. The Kier molecular flexibility index (Phi) is 46.5. The molecule has 0 saturated carbocycles. The van der Waals surface area contributed by atoms with Crippen molar-refractivity contribution in [2.75, 3.05) is 13.2 Å². The van der Waals surface area contributed by atoms with Crippen molar-refractivity contribution in [3.8, 4) is 0 Å². The molecule has 0 aromatic heterocycles. The fourth-order valence-corrected chi connectivity index (χ4v) is 9.03. The second kappa shape index (κ2) is 49.5. The van der Waals surface area contributed by atoms with E-state index in [0.717, 1.165) is 77.0 Å². The normalized spacial score (nSPS) is 19.9. The summed E-state index contributed by atoms with van der Waals surface area (Å²) in [7, 11) is 0. The number of hydrogen-bond donors (Lipinski definition) is 6. The Labute approximate surface area is 424 Å².